The number of aromatic nitrogens is 3. The van der Waals surface area contributed by atoms with Crippen LogP contribution in [0, 0.1) is 16.7 Å². The monoisotopic (exact) mass is 454 g/mol. The lowest BCUT2D eigenvalue weighted by Gasteiger charge is -2.39. The van der Waals surface area contributed by atoms with Crippen LogP contribution in [-0.2, 0) is 9.59 Å². The molecule has 3 atom stereocenters. The Morgan fingerprint density at radius 3 is 2.27 bits per heavy atom. The fourth-order valence-electron chi connectivity index (χ4n) is 5.04. The zero-order valence-corrected chi connectivity index (χ0v) is 20.2. The Kier molecular flexibility index (Phi) is 6.96. The average Bonchev–Trinajstić information content (AvgIpc) is 3.23. The third-order valence-corrected chi connectivity index (χ3v) is 9.41. The molecule has 10 heteroatoms. The maximum atomic E-state index is 12.6. The van der Waals surface area contributed by atoms with Gasteiger partial charge in [0.05, 0.1) is 11.5 Å². The van der Waals surface area contributed by atoms with Crippen LogP contribution in [0.1, 0.15) is 53.9 Å². The highest BCUT2D eigenvalue weighted by molar-refractivity contribution is 8.00. The van der Waals surface area contributed by atoms with Gasteiger partial charge in [0.15, 0.2) is 0 Å². The molecule has 2 fully saturated rings. The summed E-state index contributed by atoms with van der Waals surface area (Å²) in [6.45, 7) is 12.3. The quantitative estimate of drug-likeness (QED) is 0.436. The number of hydrogen-bond acceptors (Lipinski definition) is 7. The second-order valence-electron chi connectivity index (χ2n) is 9.01. The number of nitrogens with two attached hydrogens (primary N) is 1. The molecule has 3 N–H and O–H groups in total. The van der Waals surface area contributed by atoms with E-state index in [4.69, 9.17) is 5.84 Å². The Morgan fingerprint density at radius 2 is 1.77 bits per heavy atom. The number of thioether (sulfide) groups is 2. The van der Waals surface area contributed by atoms with Crippen molar-refractivity contribution < 1.29 is 9.59 Å². The van der Waals surface area contributed by atoms with Crippen molar-refractivity contribution >= 4 is 35.3 Å². The molecule has 0 aliphatic heterocycles. The molecule has 8 nitrogen and oxygen atoms in total. The van der Waals surface area contributed by atoms with Crippen molar-refractivity contribution in [3.8, 4) is 0 Å². The van der Waals surface area contributed by atoms with Crippen molar-refractivity contribution in [2.75, 3.05) is 30.4 Å². The number of rotatable bonds is 9. The minimum Gasteiger partial charge on any atom is -0.352 e. The molecule has 0 spiro atoms. The zero-order valence-electron chi connectivity index (χ0n) is 18.6. The van der Waals surface area contributed by atoms with Crippen molar-refractivity contribution in [3.63, 3.8) is 0 Å². The first-order chi connectivity index (χ1) is 14.1. The van der Waals surface area contributed by atoms with Crippen molar-refractivity contribution in [1.29, 1.82) is 0 Å². The van der Waals surface area contributed by atoms with Crippen LogP contribution in [0.15, 0.2) is 10.3 Å². The van der Waals surface area contributed by atoms with Gasteiger partial charge in [-0.2, -0.15) is 0 Å². The Bertz CT molecular complexity index is 794. The summed E-state index contributed by atoms with van der Waals surface area (Å²) in [5.74, 6) is 7.32. The number of nitrogens with one attached hydrogen (secondary N) is 1. The third kappa shape index (κ3) is 4.17. The normalized spacial score (nSPS) is 26.7. The van der Waals surface area contributed by atoms with Crippen LogP contribution < -0.4 is 11.2 Å². The molecule has 168 valence electrons. The highest BCUT2D eigenvalue weighted by Gasteiger charge is 2.61. The SMILES string of the molecule is CCN(CC)C(=O)CSc1nnc(SCC(=O)N[C@H]2C[C@H]3CC[C@@]2(C)C3(C)C)n1N. The van der Waals surface area contributed by atoms with Gasteiger partial charge in [0, 0.05) is 19.1 Å². The lowest BCUT2D eigenvalue weighted by Crippen LogP contribution is -2.47. The summed E-state index contributed by atoms with van der Waals surface area (Å²) in [6, 6.07) is 0.229. The van der Waals surface area contributed by atoms with Crippen molar-refractivity contribution in [1.82, 2.24) is 25.1 Å². The highest BCUT2D eigenvalue weighted by Crippen LogP contribution is 2.65. The van der Waals surface area contributed by atoms with Crippen molar-refractivity contribution in [2.24, 2.45) is 16.7 Å². The second kappa shape index (κ2) is 8.98. The molecule has 2 saturated carbocycles. The molecule has 1 aromatic rings. The van der Waals surface area contributed by atoms with Gasteiger partial charge in [-0.1, -0.05) is 44.3 Å². The molecule has 1 aromatic heterocycles. The van der Waals surface area contributed by atoms with Crippen LogP contribution in [0.4, 0.5) is 0 Å². The van der Waals surface area contributed by atoms with Crippen molar-refractivity contribution in [3.05, 3.63) is 0 Å². The summed E-state index contributed by atoms with van der Waals surface area (Å²) in [5.41, 5.74) is 0.428. The van der Waals surface area contributed by atoms with E-state index in [0.29, 0.717) is 29.3 Å². The summed E-state index contributed by atoms with van der Waals surface area (Å²) >= 11 is 2.53. The Labute approximate surface area is 187 Å². The smallest absolute Gasteiger partial charge is 0.233 e. The first kappa shape index (κ1) is 23.2. The van der Waals surface area contributed by atoms with Gasteiger partial charge < -0.3 is 16.1 Å². The highest BCUT2D eigenvalue weighted by atomic mass is 32.2. The first-order valence-electron chi connectivity index (χ1n) is 10.7. The maximum Gasteiger partial charge on any atom is 0.233 e. The van der Waals surface area contributed by atoms with E-state index in [-0.39, 0.29) is 40.2 Å². The minimum absolute atomic E-state index is 0.00323. The molecule has 1 heterocycles. The number of nitrogen functional groups attached to an aromatic ring is 1. The van der Waals surface area contributed by atoms with E-state index >= 15 is 0 Å². The minimum atomic E-state index is 0.00323. The van der Waals surface area contributed by atoms with E-state index in [2.05, 4.69) is 36.3 Å². The molecule has 2 aliphatic carbocycles. The van der Waals surface area contributed by atoms with Crippen molar-refractivity contribution in [2.45, 2.75) is 70.2 Å². The molecule has 0 aromatic carbocycles. The summed E-state index contributed by atoms with van der Waals surface area (Å²) in [7, 11) is 0. The Balaban J connectivity index is 1.50. The lowest BCUT2D eigenvalue weighted by atomic mass is 9.69. The van der Waals surface area contributed by atoms with Crippen LogP contribution in [0.3, 0.4) is 0 Å². The third-order valence-electron chi connectivity index (χ3n) is 7.54. The van der Waals surface area contributed by atoms with Gasteiger partial charge in [-0.15, -0.1) is 10.2 Å². The fourth-order valence-corrected chi connectivity index (χ4v) is 6.53. The zero-order chi connectivity index (χ0) is 22.1. The fraction of sp³-hybridized carbons (Fsp3) is 0.800. The molecule has 2 aliphatic rings. The molecular weight excluding hydrogens is 420 g/mol. The molecule has 30 heavy (non-hydrogen) atoms. The van der Waals surface area contributed by atoms with E-state index < -0.39 is 0 Å². The van der Waals surface area contributed by atoms with Gasteiger partial charge in [-0.25, -0.2) is 4.68 Å². The second-order valence-corrected chi connectivity index (χ2v) is 10.9. The van der Waals surface area contributed by atoms with E-state index in [1.54, 1.807) is 4.90 Å². The Hall–Kier alpha value is -1.42. The van der Waals surface area contributed by atoms with Gasteiger partial charge in [-0.3, -0.25) is 9.59 Å². The summed E-state index contributed by atoms with van der Waals surface area (Å²) in [6.07, 6.45) is 3.50. The number of nitrogens with zero attached hydrogens (tertiary/aromatic N) is 4. The molecular formula is C20H34N6O2S2. The molecule has 3 rings (SSSR count). The number of carbonyl (C=O) groups excluding carboxylic acids is 2. The van der Waals surface area contributed by atoms with Crippen LogP contribution in [-0.4, -0.2) is 62.2 Å². The van der Waals surface area contributed by atoms with Gasteiger partial charge >= 0.3 is 0 Å². The lowest BCUT2D eigenvalue weighted by molar-refractivity contribution is -0.128. The number of amides is 2. The average molecular weight is 455 g/mol. The summed E-state index contributed by atoms with van der Waals surface area (Å²) < 4.78 is 1.36. The predicted octanol–water partition coefficient (Wildman–Crippen LogP) is 2.38. The first-order valence-corrected chi connectivity index (χ1v) is 12.6. The van der Waals surface area contributed by atoms with Gasteiger partial charge in [-0.05, 0) is 49.9 Å². The molecule has 2 bridgehead atoms. The Morgan fingerprint density at radius 1 is 1.17 bits per heavy atom. The predicted molar refractivity (Wildman–Crippen MR) is 121 cm³/mol. The van der Waals surface area contributed by atoms with E-state index in [1.165, 1.54) is 41.0 Å². The molecule has 0 radical (unpaired) electrons. The van der Waals surface area contributed by atoms with Gasteiger partial charge in [0.1, 0.15) is 0 Å². The van der Waals surface area contributed by atoms with E-state index in [9.17, 15) is 9.59 Å². The number of hydrogen-bond donors (Lipinski definition) is 2. The van der Waals surface area contributed by atoms with E-state index in [0.717, 1.165) is 6.42 Å². The van der Waals surface area contributed by atoms with Crippen LogP contribution in [0.2, 0.25) is 0 Å². The summed E-state index contributed by atoms with van der Waals surface area (Å²) in [5, 5.41) is 12.4. The van der Waals surface area contributed by atoms with E-state index in [1.807, 2.05) is 13.8 Å². The van der Waals surface area contributed by atoms with Crippen LogP contribution in [0.25, 0.3) is 0 Å². The van der Waals surface area contributed by atoms with Crippen LogP contribution >= 0.6 is 23.5 Å². The van der Waals surface area contributed by atoms with Crippen LogP contribution in [0.5, 0.6) is 0 Å². The molecule has 2 amide bonds. The summed E-state index contributed by atoms with van der Waals surface area (Å²) in [4.78, 5) is 26.5. The number of fused-ring (bicyclic) bond motifs is 2. The maximum absolute atomic E-state index is 12.6. The molecule has 0 unspecified atom stereocenters. The number of carbonyl (C=O) groups is 2. The largest absolute Gasteiger partial charge is 0.352 e. The molecule has 0 saturated heterocycles. The van der Waals surface area contributed by atoms with Gasteiger partial charge in [0.25, 0.3) is 0 Å². The topological polar surface area (TPSA) is 106 Å². The van der Waals surface area contributed by atoms with Gasteiger partial charge in [0.2, 0.25) is 22.1 Å². The standard InChI is InChI=1S/C20H34N6O2S2/c1-6-25(7-2)16(28)12-30-18-24-23-17(26(18)21)29-11-15(27)22-14-10-13-8-9-20(14,5)19(13,3)4/h13-14H,6-12,21H2,1-5H3,(H,22,27)/t13-,14+,20-/m1/s1.